The molecular weight excluding hydrogens is 258 g/mol. The standard InChI is InChI=1S/C15H19NO2S/c1-11-7-12(8-16)5-6-13(11)9-19-10-14(17)18-15(2,3)4/h5-7H,9-10H2,1-4H3. The molecule has 4 heteroatoms. The number of hydrogen-bond acceptors (Lipinski definition) is 4. The average Bonchev–Trinajstić information content (AvgIpc) is 2.28. The lowest BCUT2D eigenvalue weighted by Crippen LogP contribution is -2.24. The van der Waals surface area contributed by atoms with Crippen LogP contribution < -0.4 is 0 Å². The van der Waals surface area contributed by atoms with E-state index in [0.29, 0.717) is 11.3 Å². The van der Waals surface area contributed by atoms with E-state index >= 15 is 0 Å². The van der Waals surface area contributed by atoms with E-state index < -0.39 is 5.60 Å². The summed E-state index contributed by atoms with van der Waals surface area (Å²) in [5.74, 6) is 0.900. The molecule has 0 atom stereocenters. The van der Waals surface area contributed by atoms with Gasteiger partial charge in [0.2, 0.25) is 0 Å². The van der Waals surface area contributed by atoms with Crippen LogP contribution in [0.15, 0.2) is 18.2 Å². The van der Waals surface area contributed by atoms with Crippen molar-refractivity contribution in [2.45, 2.75) is 39.0 Å². The summed E-state index contributed by atoms with van der Waals surface area (Å²) < 4.78 is 5.24. The Balaban J connectivity index is 2.46. The first-order chi connectivity index (χ1) is 8.81. The largest absolute Gasteiger partial charge is 0.459 e. The fourth-order valence-electron chi connectivity index (χ4n) is 1.54. The molecule has 0 radical (unpaired) electrons. The first-order valence-corrected chi connectivity index (χ1v) is 7.26. The minimum absolute atomic E-state index is 0.191. The maximum absolute atomic E-state index is 11.5. The number of nitriles is 1. The second-order valence-corrected chi connectivity index (χ2v) is 6.32. The van der Waals surface area contributed by atoms with Gasteiger partial charge in [0.1, 0.15) is 5.60 Å². The van der Waals surface area contributed by atoms with Crippen LogP contribution in [0.2, 0.25) is 0 Å². The molecular formula is C15H19NO2S. The second kappa shape index (κ2) is 6.63. The number of benzene rings is 1. The highest BCUT2D eigenvalue weighted by molar-refractivity contribution is 7.99. The van der Waals surface area contributed by atoms with Crippen molar-refractivity contribution in [1.29, 1.82) is 5.26 Å². The van der Waals surface area contributed by atoms with Crippen molar-refractivity contribution in [3.05, 3.63) is 34.9 Å². The summed E-state index contributed by atoms with van der Waals surface area (Å²) >= 11 is 1.53. The van der Waals surface area contributed by atoms with Gasteiger partial charge in [-0.3, -0.25) is 4.79 Å². The topological polar surface area (TPSA) is 50.1 Å². The average molecular weight is 277 g/mol. The fraction of sp³-hybridized carbons (Fsp3) is 0.467. The first-order valence-electron chi connectivity index (χ1n) is 6.11. The summed E-state index contributed by atoms with van der Waals surface area (Å²) in [5, 5.41) is 8.79. The van der Waals surface area contributed by atoms with Gasteiger partial charge in [-0.05, 0) is 51.0 Å². The summed E-state index contributed by atoms with van der Waals surface area (Å²) in [6.07, 6.45) is 0. The van der Waals surface area contributed by atoms with Crippen molar-refractivity contribution < 1.29 is 9.53 Å². The van der Waals surface area contributed by atoms with Crippen LogP contribution in [-0.2, 0) is 15.3 Å². The van der Waals surface area contributed by atoms with Gasteiger partial charge >= 0.3 is 5.97 Å². The molecule has 0 bridgehead atoms. The lowest BCUT2D eigenvalue weighted by Gasteiger charge is -2.19. The Kier molecular flexibility index (Phi) is 5.44. The molecule has 19 heavy (non-hydrogen) atoms. The van der Waals surface area contributed by atoms with Crippen LogP contribution in [0.3, 0.4) is 0 Å². The van der Waals surface area contributed by atoms with Crippen molar-refractivity contribution in [3.8, 4) is 6.07 Å². The van der Waals surface area contributed by atoms with E-state index in [1.165, 1.54) is 11.8 Å². The van der Waals surface area contributed by atoms with Crippen LogP contribution in [0.5, 0.6) is 0 Å². The minimum Gasteiger partial charge on any atom is -0.459 e. The normalized spacial score (nSPS) is 10.9. The van der Waals surface area contributed by atoms with Gasteiger partial charge in [0.15, 0.2) is 0 Å². The molecule has 0 N–H and O–H groups in total. The van der Waals surface area contributed by atoms with E-state index in [9.17, 15) is 4.79 Å². The van der Waals surface area contributed by atoms with Gasteiger partial charge in [-0.25, -0.2) is 0 Å². The van der Waals surface area contributed by atoms with Crippen LogP contribution in [-0.4, -0.2) is 17.3 Å². The number of carbonyl (C=O) groups is 1. The Morgan fingerprint density at radius 2 is 2.11 bits per heavy atom. The minimum atomic E-state index is -0.429. The predicted octanol–water partition coefficient (Wildman–Crippen LogP) is 3.44. The van der Waals surface area contributed by atoms with Gasteiger partial charge < -0.3 is 4.74 Å². The van der Waals surface area contributed by atoms with Crippen molar-refractivity contribution in [2.24, 2.45) is 0 Å². The molecule has 0 saturated heterocycles. The Labute approximate surface area is 119 Å². The van der Waals surface area contributed by atoms with Crippen LogP contribution >= 0.6 is 11.8 Å². The molecule has 1 rings (SSSR count). The molecule has 0 heterocycles. The Morgan fingerprint density at radius 3 is 2.63 bits per heavy atom. The van der Waals surface area contributed by atoms with Gasteiger partial charge in [0, 0.05) is 5.75 Å². The lowest BCUT2D eigenvalue weighted by molar-refractivity contribution is -0.151. The zero-order valence-corrected chi connectivity index (χ0v) is 12.6. The van der Waals surface area contributed by atoms with Crippen molar-refractivity contribution in [1.82, 2.24) is 0 Å². The number of ether oxygens (including phenoxy) is 1. The predicted molar refractivity (Wildman–Crippen MR) is 77.9 cm³/mol. The molecule has 0 amide bonds. The number of esters is 1. The van der Waals surface area contributed by atoms with Gasteiger partial charge in [-0.1, -0.05) is 6.07 Å². The van der Waals surface area contributed by atoms with Crippen LogP contribution in [0.1, 0.15) is 37.5 Å². The summed E-state index contributed by atoms with van der Waals surface area (Å²) in [5.41, 5.74) is 2.46. The van der Waals surface area contributed by atoms with Crippen LogP contribution in [0, 0.1) is 18.3 Å². The molecule has 3 nitrogen and oxygen atoms in total. The third-order valence-corrected chi connectivity index (χ3v) is 3.32. The van der Waals surface area contributed by atoms with Crippen molar-refractivity contribution in [2.75, 3.05) is 5.75 Å². The number of hydrogen-bond donors (Lipinski definition) is 0. The molecule has 0 unspecified atom stereocenters. The van der Waals surface area contributed by atoms with Gasteiger partial charge in [0.25, 0.3) is 0 Å². The third-order valence-electron chi connectivity index (χ3n) is 2.37. The Bertz CT molecular complexity index is 498. The van der Waals surface area contributed by atoms with Gasteiger partial charge in [0.05, 0.1) is 17.4 Å². The molecule has 102 valence electrons. The zero-order valence-electron chi connectivity index (χ0n) is 11.8. The van der Waals surface area contributed by atoms with Crippen LogP contribution in [0.4, 0.5) is 0 Å². The number of nitrogens with zero attached hydrogens (tertiary/aromatic N) is 1. The van der Waals surface area contributed by atoms with E-state index in [-0.39, 0.29) is 5.97 Å². The van der Waals surface area contributed by atoms with Crippen molar-refractivity contribution >= 4 is 17.7 Å². The summed E-state index contributed by atoms with van der Waals surface area (Å²) in [6.45, 7) is 7.56. The first kappa shape index (κ1) is 15.6. The summed E-state index contributed by atoms with van der Waals surface area (Å²) in [6, 6.07) is 7.72. The lowest BCUT2D eigenvalue weighted by atomic mass is 10.1. The van der Waals surface area contributed by atoms with Gasteiger partial charge in [-0.2, -0.15) is 5.26 Å². The van der Waals surface area contributed by atoms with E-state index in [1.54, 1.807) is 6.07 Å². The Morgan fingerprint density at radius 1 is 1.42 bits per heavy atom. The van der Waals surface area contributed by atoms with E-state index in [4.69, 9.17) is 10.00 Å². The number of aryl methyl sites for hydroxylation is 1. The quantitative estimate of drug-likeness (QED) is 0.791. The molecule has 0 aromatic heterocycles. The molecule has 0 saturated carbocycles. The molecule has 0 fully saturated rings. The fourth-order valence-corrected chi connectivity index (χ4v) is 2.41. The highest BCUT2D eigenvalue weighted by atomic mass is 32.2. The van der Waals surface area contributed by atoms with Crippen LogP contribution in [0.25, 0.3) is 0 Å². The molecule has 1 aromatic carbocycles. The third kappa shape index (κ3) is 5.80. The molecule has 1 aromatic rings. The number of carbonyl (C=O) groups excluding carboxylic acids is 1. The Hall–Kier alpha value is -1.47. The maximum Gasteiger partial charge on any atom is 0.316 e. The molecule has 0 aliphatic heterocycles. The summed E-state index contributed by atoms with van der Waals surface area (Å²) in [7, 11) is 0. The molecule has 0 spiro atoms. The van der Waals surface area contributed by atoms with E-state index in [0.717, 1.165) is 16.9 Å². The number of rotatable bonds is 4. The summed E-state index contributed by atoms with van der Waals surface area (Å²) in [4.78, 5) is 11.5. The van der Waals surface area contributed by atoms with E-state index in [2.05, 4.69) is 6.07 Å². The SMILES string of the molecule is Cc1cc(C#N)ccc1CSCC(=O)OC(C)(C)C. The second-order valence-electron chi connectivity index (χ2n) is 5.33. The highest BCUT2D eigenvalue weighted by Gasteiger charge is 2.15. The van der Waals surface area contributed by atoms with Crippen molar-refractivity contribution in [3.63, 3.8) is 0 Å². The molecule has 0 aliphatic rings. The van der Waals surface area contributed by atoms with Gasteiger partial charge in [-0.15, -0.1) is 11.8 Å². The molecule has 0 aliphatic carbocycles. The maximum atomic E-state index is 11.5. The highest BCUT2D eigenvalue weighted by Crippen LogP contribution is 2.18. The smallest absolute Gasteiger partial charge is 0.316 e. The zero-order chi connectivity index (χ0) is 14.5. The van der Waals surface area contributed by atoms with E-state index in [1.807, 2.05) is 39.8 Å². The monoisotopic (exact) mass is 277 g/mol. The number of thioether (sulfide) groups is 1.